The molecule has 0 aliphatic heterocycles. The van der Waals surface area contributed by atoms with Gasteiger partial charge in [-0.1, -0.05) is 6.92 Å². The van der Waals surface area contributed by atoms with Gasteiger partial charge >= 0.3 is 0 Å². The van der Waals surface area contributed by atoms with E-state index in [0.717, 1.165) is 0 Å². The molecule has 0 aliphatic carbocycles. The Morgan fingerprint density at radius 1 is 0.875 bits per heavy atom. The van der Waals surface area contributed by atoms with E-state index in [-0.39, 0.29) is 92.8 Å². The first-order valence-electron chi connectivity index (χ1n) is 0.911. The van der Waals surface area contributed by atoms with Gasteiger partial charge in [0.15, 0.2) is 0 Å². The predicted molar refractivity (Wildman–Crippen MR) is 14.5 cm³/mol. The van der Waals surface area contributed by atoms with Crippen molar-refractivity contribution in [3.8, 4) is 0 Å². The Balaban J connectivity index is -0.00000000200. The summed E-state index contributed by atoms with van der Waals surface area (Å²) in [6, 6.07) is 0. The molecule has 43 valence electrons. The average Bonchev–Trinajstić information content (AvgIpc) is 0.918. The Bertz CT molecular complexity index is 15.1. The molecule has 0 bridgehead atoms. The van der Waals surface area contributed by atoms with Crippen LogP contribution in [0.5, 0.6) is 0 Å². The van der Waals surface area contributed by atoms with Crippen molar-refractivity contribution in [1.82, 2.24) is 0 Å². The van der Waals surface area contributed by atoms with E-state index in [1.54, 1.807) is 6.92 Å². The van der Waals surface area contributed by atoms with E-state index in [0.29, 0.717) is 0 Å². The Morgan fingerprint density at radius 3 is 0.875 bits per heavy atom. The fourth-order valence-electron chi connectivity index (χ4n) is 0. The smallest absolute Gasteiger partial charge is 0 e. The molecular weight excluding hydrogens is 291 g/mol. The van der Waals surface area contributed by atoms with Crippen LogP contribution >= 0.6 is 0 Å². The van der Waals surface area contributed by atoms with E-state index in [4.69, 9.17) is 6.58 Å². The van der Waals surface area contributed by atoms with Gasteiger partial charge in [-0.25, -0.2) is 0 Å². The number of hydrogen-bond acceptors (Lipinski definition) is 0. The SMILES string of the molecule is [CH-]=CC.[V].[V].[V].[V].[V]. The maximum atomic E-state index is 4.72. The van der Waals surface area contributed by atoms with Gasteiger partial charge in [-0.05, 0) is 0 Å². The number of rotatable bonds is 0. The monoisotopic (exact) mass is 296 g/mol. The first-order valence-corrected chi connectivity index (χ1v) is 0.911. The Labute approximate surface area is 111 Å². The molecule has 0 aromatic rings. The Hall–Kier alpha value is 2.66. The molecule has 0 amide bonds. The van der Waals surface area contributed by atoms with Crippen molar-refractivity contribution in [1.29, 1.82) is 0 Å². The fourth-order valence-corrected chi connectivity index (χ4v) is 0. The summed E-state index contributed by atoms with van der Waals surface area (Å²) in [4.78, 5) is 0. The molecule has 0 aliphatic rings. The van der Waals surface area contributed by atoms with Gasteiger partial charge in [0.1, 0.15) is 0 Å². The van der Waals surface area contributed by atoms with Crippen LogP contribution in [0, 0.1) is 6.58 Å². The molecule has 0 saturated carbocycles. The van der Waals surface area contributed by atoms with E-state index >= 15 is 0 Å². The van der Waals surface area contributed by atoms with Gasteiger partial charge < -0.3 is 6.58 Å². The van der Waals surface area contributed by atoms with Crippen LogP contribution in [-0.4, -0.2) is 0 Å². The minimum atomic E-state index is 0. The normalized spacial score (nSPS) is 1.62. The second-order valence-corrected chi connectivity index (χ2v) is 0.333. The zero-order chi connectivity index (χ0) is 2.71. The van der Waals surface area contributed by atoms with Crippen molar-refractivity contribution >= 4 is 0 Å². The molecule has 8 heavy (non-hydrogen) atoms. The molecule has 0 nitrogen and oxygen atoms in total. The van der Waals surface area contributed by atoms with E-state index in [2.05, 4.69) is 0 Å². The van der Waals surface area contributed by atoms with Gasteiger partial charge in [-0.2, -0.15) is 0 Å². The average molecular weight is 296 g/mol. The summed E-state index contributed by atoms with van der Waals surface area (Å²) in [5.74, 6) is 0. The number of allylic oxidation sites excluding steroid dienone is 1. The Morgan fingerprint density at radius 2 is 0.875 bits per heavy atom. The molecule has 0 atom stereocenters. The van der Waals surface area contributed by atoms with E-state index < -0.39 is 0 Å². The van der Waals surface area contributed by atoms with Crippen LogP contribution in [0.4, 0.5) is 0 Å². The third kappa shape index (κ3) is 71.8. The van der Waals surface area contributed by atoms with Crippen molar-refractivity contribution in [2.75, 3.05) is 0 Å². The molecule has 5 heteroatoms. The second kappa shape index (κ2) is 54.1. The minimum Gasteiger partial charge on any atom is -0.518 e. The molecule has 0 saturated heterocycles. The van der Waals surface area contributed by atoms with Crippen molar-refractivity contribution in [3.63, 3.8) is 0 Å². The topological polar surface area (TPSA) is 0 Å². The molecular formula is C3H5V5-. The first kappa shape index (κ1) is 45.8. The van der Waals surface area contributed by atoms with Crippen LogP contribution in [0.15, 0.2) is 6.08 Å². The molecule has 0 unspecified atom stereocenters. The van der Waals surface area contributed by atoms with Crippen LogP contribution in [0.25, 0.3) is 0 Å². The summed E-state index contributed by atoms with van der Waals surface area (Å²) in [5.41, 5.74) is 0. The molecule has 0 aromatic heterocycles. The van der Waals surface area contributed by atoms with E-state index in [1.807, 2.05) is 0 Å². The molecule has 0 aromatic carbocycles. The van der Waals surface area contributed by atoms with Crippen molar-refractivity contribution in [2.45, 2.75) is 6.92 Å². The van der Waals surface area contributed by atoms with Crippen LogP contribution in [0.2, 0.25) is 0 Å². The van der Waals surface area contributed by atoms with E-state index in [1.165, 1.54) is 6.08 Å². The molecule has 0 heterocycles. The van der Waals surface area contributed by atoms with Gasteiger partial charge in [0, 0.05) is 92.8 Å². The largest absolute Gasteiger partial charge is 0.518 e. The van der Waals surface area contributed by atoms with Crippen molar-refractivity contribution < 1.29 is 92.8 Å². The van der Waals surface area contributed by atoms with Crippen molar-refractivity contribution in [3.05, 3.63) is 12.7 Å². The maximum absolute atomic E-state index is 4.72. The van der Waals surface area contributed by atoms with Gasteiger partial charge in [-0.15, -0.1) is 0 Å². The quantitative estimate of drug-likeness (QED) is 0.585. The van der Waals surface area contributed by atoms with Gasteiger partial charge in [0.25, 0.3) is 0 Å². The molecule has 0 fully saturated rings. The summed E-state index contributed by atoms with van der Waals surface area (Å²) in [6.45, 7) is 6.50. The Kier molecular flexibility index (Phi) is 309. The summed E-state index contributed by atoms with van der Waals surface area (Å²) < 4.78 is 0. The predicted octanol–water partition coefficient (Wildman–Crippen LogP) is 0.983. The third-order valence-electron chi connectivity index (χ3n) is 0. The summed E-state index contributed by atoms with van der Waals surface area (Å²) >= 11 is 0. The zero-order valence-electron chi connectivity index (χ0n) is 4.39. The zero-order valence-corrected chi connectivity index (χ0v) is 11.4. The third-order valence-corrected chi connectivity index (χ3v) is 0. The summed E-state index contributed by atoms with van der Waals surface area (Å²) in [6.07, 6.45) is 1.50. The van der Waals surface area contributed by atoms with Crippen molar-refractivity contribution in [2.24, 2.45) is 0 Å². The van der Waals surface area contributed by atoms with Crippen LogP contribution in [0.3, 0.4) is 0 Å². The van der Waals surface area contributed by atoms with Crippen LogP contribution < -0.4 is 0 Å². The van der Waals surface area contributed by atoms with Gasteiger partial charge in [0.2, 0.25) is 0 Å². The van der Waals surface area contributed by atoms with Crippen LogP contribution in [-0.2, 0) is 92.8 Å². The van der Waals surface area contributed by atoms with E-state index in [9.17, 15) is 0 Å². The van der Waals surface area contributed by atoms with Crippen LogP contribution in [0.1, 0.15) is 6.92 Å². The fraction of sp³-hybridized carbons (Fsp3) is 0.333. The second-order valence-electron chi connectivity index (χ2n) is 0.333. The molecule has 5 radical (unpaired) electrons. The minimum absolute atomic E-state index is 0. The molecule has 0 spiro atoms. The molecule has 0 N–H and O–H groups in total. The molecule has 0 rings (SSSR count). The first-order chi connectivity index (χ1) is 1.41. The van der Waals surface area contributed by atoms with Gasteiger partial charge in [0.05, 0.1) is 0 Å². The standard InChI is InChI=1S/C3H5.5V/c1-3-2;;;;;/h1,3H,2H3;;;;;/q-1;;;;;. The summed E-state index contributed by atoms with van der Waals surface area (Å²) in [5, 5.41) is 0. The number of hydrogen-bond donors (Lipinski definition) is 0. The van der Waals surface area contributed by atoms with Gasteiger partial charge in [-0.3, -0.25) is 6.08 Å². The summed E-state index contributed by atoms with van der Waals surface area (Å²) in [7, 11) is 0. The maximum Gasteiger partial charge on any atom is 0 e.